The van der Waals surface area contributed by atoms with E-state index in [0.717, 1.165) is 38.1 Å². The summed E-state index contributed by atoms with van der Waals surface area (Å²) in [5, 5.41) is 4.11. The minimum absolute atomic E-state index is 0.00929. The Hall–Kier alpha value is -1.51. The van der Waals surface area contributed by atoms with E-state index >= 15 is 0 Å². The maximum absolute atomic E-state index is 5.64. The maximum Gasteiger partial charge on any atom is 0.146 e. The molecule has 3 nitrogen and oxygen atoms in total. The number of nitrogens with zero attached hydrogens (tertiary/aromatic N) is 2. The number of hydrogen-bond acceptors (Lipinski definition) is 3. The van der Waals surface area contributed by atoms with Crippen LogP contribution in [0.15, 0.2) is 35.5 Å². The molecule has 1 fully saturated rings. The topological polar surface area (TPSA) is 24.8 Å². The molecule has 2 heterocycles. The van der Waals surface area contributed by atoms with Crippen LogP contribution in [0.4, 0.5) is 5.69 Å². The lowest BCUT2D eigenvalue weighted by atomic mass is 9.87. The van der Waals surface area contributed by atoms with Crippen molar-refractivity contribution < 1.29 is 4.84 Å². The fourth-order valence-electron chi connectivity index (χ4n) is 2.78. The Morgan fingerprint density at radius 1 is 1.18 bits per heavy atom. The van der Waals surface area contributed by atoms with Crippen molar-refractivity contribution in [1.29, 1.82) is 0 Å². The first-order valence-electron chi connectivity index (χ1n) is 6.29. The normalized spacial score (nSPS) is 22.4. The Balaban J connectivity index is 1.65. The second-order valence-corrected chi connectivity index (χ2v) is 5.10. The number of oxime groups is 1. The molecule has 0 N–H and O–H groups in total. The van der Waals surface area contributed by atoms with Crippen LogP contribution in [0.25, 0.3) is 0 Å². The van der Waals surface area contributed by atoms with Crippen molar-refractivity contribution >= 4 is 11.4 Å². The highest BCUT2D eigenvalue weighted by molar-refractivity contribution is 5.83. The molecular formula is C14H18N2O. The molecule has 0 atom stereocenters. The summed E-state index contributed by atoms with van der Waals surface area (Å²) in [4.78, 5) is 8.07. The summed E-state index contributed by atoms with van der Waals surface area (Å²) in [7, 11) is 0. The lowest BCUT2D eigenvalue weighted by molar-refractivity contribution is -0.0359. The van der Waals surface area contributed by atoms with Crippen molar-refractivity contribution in [3.63, 3.8) is 0 Å². The molecular weight excluding hydrogens is 212 g/mol. The molecule has 3 rings (SSSR count). The van der Waals surface area contributed by atoms with Gasteiger partial charge < -0.3 is 9.74 Å². The van der Waals surface area contributed by atoms with Crippen molar-refractivity contribution in [3.05, 3.63) is 30.3 Å². The molecule has 1 spiro atoms. The zero-order valence-corrected chi connectivity index (χ0v) is 10.2. The SMILES string of the molecule is CC1=NOC2(CCN(c3ccccc3)CC2)C1. The van der Waals surface area contributed by atoms with E-state index in [9.17, 15) is 0 Å². The van der Waals surface area contributed by atoms with E-state index < -0.39 is 0 Å². The molecule has 1 saturated heterocycles. The van der Waals surface area contributed by atoms with E-state index in [4.69, 9.17) is 4.84 Å². The summed E-state index contributed by atoms with van der Waals surface area (Å²) in [6.07, 6.45) is 3.15. The van der Waals surface area contributed by atoms with E-state index in [1.54, 1.807) is 0 Å². The summed E-state index contributed by atoms with van der Waals surface area (Å²) in [5.74, 6) is 0. The predicted octanol–water partition coefficient (Wildman–Crippen LogP) is 2.82. The van der Waals surface area contributed by atoms with E-state index in [1.165, 1.54) is 5.69 Å². The molecule has 90 valence electrons. The first-order valence-corrected chi connectivity index (χ1v) is 6.29. The van der Waals surface area contributed by atoms with E-state index in [2.05, 4.69) is 47.3 Å². The first-order chi connectivity index (χ1) is 8.27. The van der Waals surface area contributed by atoms with Crippen LogP contribution < -0.4 is 4.90 Å². The van der Waals surface area contributed by atoms with Gasteiger partial charge in [-0.3, -0.25) is 0 Å². The number of para-hydroxylation sites is 1. The van der Waals surface area contributed by atoms with Crippen LogP contribution in [0.5, 0.6) is 0 Å². The highest BCUT2D eigenvalue weighted by atomic mass is 16.7. The van der Waals surface area contributed by atoms with Gasteiger partial charge in [0.05, 0.1) is 5.71 Å². The number of benzene rings is 1. The van der Waals surface area contributed by atoms with Gasteiger partial charge in [0.25, 0.3) is 0 Å². The third-order valence-electron chi connectivity index (χ3n) is 3.77. The van der Waals surface area contributed by atoms with E-state index in [1.807, 2.05) is 0 Å². The Kier molecular flexibility index (Phi) is 2.54. The van der Waals surface area contributed by atoms with Gasteiger partial charge in [-0.05, 0) is 19.1 Å². The van der Waals surface area contributed by atoms with Crippen LogP contribution in [0.1, 0.15) is 26.2 Å². The highest BCUT2D eigenvalue weighted by Gasteiger charge is 2.40. The summed E-state index contributed by atoms with van der Waals surface area (Å²) in [5.41, 5.74) is 2.46. The van der Waals surface area contributed by atoms with Crippen molar-refractivity contribution in [3.8, 4) is 0 Å². The predicted molar refractivity (Wildman–Crippen MR) is 69.4 cm³/mol. The van der Waals surface area contributed by atoms with Crippen LogP contribution in [0, 0.1) is 0 Å². The zero-order valence-electron chi connectivity index (χ0n) is 10.2. The van der Waals surface area contributed by atoms with Gasteiger partial charge in [-0.1, -0.05) is 23.4 Å². The minimum Gasteiger partial charge on any atom is -0.389 e. The zero-order chi connectivity index (χ0) is 11.7. The van der Waals surface area contributed by atoms with Gasteiger partial charge in [0.2, 0.25) is 0 Å². The second-order valence-electron chi connectivity index (χ2n) is 5.10. The Labute approximate surface area is 102 Å². The average Bonchev–Trinajstić information content (AvgIpc) is 2.73. The smallest absolute Gasteiger partial charge is 0.146 e. The fraction of sp³-hybridized carbons (Fsp3) is 0.500. The molecule has 1 aromatic rings. The summed E-state index contributed by atoms with van der Waals surface area (Å²) in [6, 6.07) is 10.6. The van der Waals surface area contributed by atoms with Crippen LogP contribution in [0.3, 0.4) is 0 Å². The van der Waals surface area contributed by atoms with Crippen molar-refractivity contribution in [2.24, 2.45) is 5.16 Å². The van der Waals surface area contributed by atoms with Gasteiger partial charge in [-0.25, -0.2) is 0 Å². The average molecular weight is 230 g/mol. The molecule has 0 aromatic heterocycles. The maximum atomic E-state index is 5.64. The molecule has 2 aliphatic rings. The Morgan fingerprint density at radius 2 is 1.88 bits per heavy atom. The van der Waals surface area contributed by atoms with Gasteiger partial charge in [0.15, 0.2) is 0 Å². The number of anilines is 1. The van der Waals surface area contributed by atoms with Crippen LogP contribution in [-0.2, 0) is 4.84 Å². The monoisotopic (exact) mass is 230 g/mol. The highest BCUT2D eigenvalue weighted by Crippen LogP contribution is 2.35. The van der Waals surface area contributed by atoms with E-state index in [0.29, 0.717) is 0 Å². The number of hydrogen-bond donors (Lipinski definition) is 0. The van der Waals surface area contributed by atoms with Crippen molar-refractivity contribution in [2.45, 2.75) is 31.8 Å². The first kappa shape index (κ1) is 10.6. The van der Waals surface area contributed by atoms with Crippen LogP contribution >= 0.6 is 0 Å². The Bertz CT molecular complexity index is 419. The lowest BCUT2D eigenvalue weighted by Gasteiger charge is -2.38. The molecule has 0 unspecified atom stereocenters. The third kappa shape index (κ3) is 2.02. The molecule has 0 radical (unpaired) electrons. The number of piperidine rings is 1. The molecule has 3 heteroatoms. The molecule has 0 aliphatic carbocycles. The van der Waals surface area contributed by atoms with Crippen LogP contribution in [0.2, 0.25) is 0 Å². The summed E-state index contributed by atoms with van der Waals surface area (Å²) in [6.45, 7) is 4.18. The Morgan fingerprint density at radius 3 is 2.47 bits per heavy atom. The van der Waals surface area contributed by atoms with Gasteiger partial charge in [0, 0.05) is 38.0 Å². The third-order valence-corrected chi connectivity index (χ3v) is 3.77. The largest absolute Gasteiger partial charge is 0.389 e. The molecule has 17 heavy (non-hydrogen) atoms. The molecule has 1 aromatic carbocycles. The molecule has 0 bridgehead atoms. The van der Waals surface area contributed by atoms with Gasteiger partial charge in [-0.2, -0.15) is 0 Å². The van der Waals surface area contributed by atoms with Gasteiger partial charge in [0.1, 0.15) is 5.60 Å². The van der Waals surface area contributed by atoms with Gasteiger partial charge in [-0.15, -0.1) is 0 Å². The second kappa shape index (κ2) is 4.06. The summed E-state index contributed by atoms with van der Waals surface area (Å²) >= 11 is 0. The van der Waals surface area contributed by atoms with Crippen molar-refractivity contribution in [1.82, 2.24) is 0 Å². The number of rotatable bonds is 1. The molecule has 0 saturated carbocycles. The van der Waals surface area contributed by atoms with E-state index in [-0.39, 0.29) is 5.60 Å². The quantitative estimate of drug-likeness (QED) is 0.741. The van der Waals surface area contributed by atoms with Gasteiger partial charge >= 0.3 is 0 Å². The standard InChI is InChI=1S/C14H18N2O/c1-12-11-14(17-15-12)7-9-16(10-8-14)13-5-3-2-4-6-13/h2-6H,7-11H2,1H3. The minimum atomic E-state index is 0.00929. The molecule has 2 aliphatic heterocycles. The van der Waals surface area contributed by atoms with Crippen molar-refractivity contribution in [2.75, 3.05) is 18.0 Å². The fourth-order valence-corrected chi connectivity index (χ4v) is 2.78. The molecule has 0 amide bonds. The summed E-state index contributed by atoms with van der Waals surface area (Å²) < 4.78 is 0. The lowest BCUT2D eigenvalue weighted by Crippen LogP contribution is -2.44. The van der Waals surface area contributed by atoms with Crippen LogP contribution in [-0.4, -0.2) is 24.4 Å².